The average Bonchev–Trinajstić information content (AvgIpc) is 2.20. The van der Waals surface area contributed by atoms with Crippen molar-refractivity contribution in [3.05, 3.63) is 48.2 Å². The van der Waals surface area contributed by atoms with Crippen LogP contribution in [0.1, 0.15) is 19.4 Å². The molecule has 75 valence electrons. The van der Waals surface area contributed by atoms with E-state index in [0.29, 0.717) is 17.9 Å². The van der Waals surface area contributed by atoms with Gasteiger partial charge in [-0.15, -0.1) is 6.58 Å². The molecule has 1 aromatic carbocycles. The minimum atomic E-state index is -0.245. The van der Waals surface area contributed by atoms with E-state index in [2.05, 4.69) is 6.58 Å². The first-order valence-electron chi connectivity index (χ1n) is 4.57. The molecule has 0 N–H and O–H groups in total. The summed E-state index contributed by atoms with van der Waals surface area (Å²) in [6.07, 6.45) is 1.63. The molecule has 0 unspecified atom stereocenters. The highest BCUT2D eigenvalue weighted by molar-refractivity contribution is 5.41. The summed E-state index contributed by atoms with van der Waals surface area (Å²) in [6, 6.07) is 4.72. The lowest BCUT2D eigenvalue weighted by Crippen LogP contribution is -1.98. The molecule has 2 heteroatoms. The summed E-state index contributed by atoms with van der Waals surface area (Å²) in [5.41, 5.74) is 0.547. The first-order chi connectivity index (χ1) is 6.69. The number of allylic oxidation sites excluding steroid dienone is 1. The van der Waals surface area contributed by atoms with E-state index in [1.807, 2.05) is 13.8 Å². The zero-order valence-electron chi connectivity index (χ0n) is 8.51. The lowest BCUT2D eigenvalue weighted by molar-refractivity contribution is 0.339. The monoisotopic (exact) mass is 193 g/mol. The van der Waals surface area contributed by atoms with Crippen molar-refractivity contribution in [1.29, 1.82) is 0 Å². The Kier molecular flexibility index (Phi) is 3.69. The number of rotatable bonds is 4. The molecule has 0 saturated heterocycles. The first kappa shape index (κ1) is 10.8. The van der Waals surface area contributed by atoms with Gasteiger partial charge in [0.1, 0.15) is 11.6 Å². The highest BCUT2D eigenvalue weighted by atomic mass is 19.1. The summed E-state index contributed by atoms with van der Waals surface area (Å²) in [4.78, 5) is 0. The van der Waals surface area contributed by atoms with Crippen molar-refractivity contribution < 1.29 is 9.13 Å². The van der Waals surface area contributed by atoms with Crippen LogP contribution in [-0.4, -0.2) is 6.61 Å². The Morgan fingerprint density at radius 1 is 1.57 bits per heavy atom. The number of ether oxygens (including phenoxy) is 1. The van der Waals surface area contributed by atoms with Crippen molar-refractivity contribution in [1.82, 2.24) is 0 Å². The lowest BCUT2D eigenvalue weighted by atomic mass is 10.0. The minimum absolute atomic E-state index is 0.245. The highest BCUT2D eigenvalue weighted by Gasteiger charge is 2.09. The van der Waals surface area contributed by atoms with Crippen LogP contribution in [0.2, 0.25) is 0 Å². The number of benzene rings is 1. The second-order valence-electron chi connectivity index (χ2n) is 2.96. The van der Waals surface area contributed by atoms with Crippen LogP contribution in [0.3, 0.4) is 0 Å². The van der Waals surface area contributed by atoms with E-state index in [9.17, 15) is 4.39 Å². The Balaban J connectivity index is 3.01. The fraction of sp³-hybridized carbons (Fsp3) is 0.250. The van der Waals surface area contributed by atoms with Gasteiger partial charge in [0.25, 0.3) is 0 Å². The molecule has 0 heterocycles. The third-order valence-electron chi connectivity index (χ3n) is 1.98. The molecular formula is C12H14FO. The predicted octanol–water partition coefficient (Wildman–Crippen LogP) is 3.35. The molecule has 0 atom stereocenters. The van der Waals surface area contributed by atoms with Gasteiger partial charge in [0.05, 0.1) is 6.61 Å². The van der Waals surface area contributed by atoms with Crippen molar-refractivity contribution in [2.45, 2.75) is 13.8 Å². The molecule has 1 radical (unpaired) electrons. The average molecular weight is 193 g/mol. The van der Waals surface area contributed by atoms with Crippen molar-refractivity contribution in [3.8, 4) is 5.75 Å². The molecule has 0 aliphatic carbocycles. The summed E-state index contributed by atoms with van der Waals surface area (Å²) in [6.45, 7) is 7.91. The molecule has 0 fully saturated rings. The Morgan fingerprint density at radius 2 is 2.29 bits per heavy atom. The quantitative estimate of drug-likeness (QED) is 0.712. The fourth-order valence-electron chi connectivity index (χ4n) is 1.17. The van der Waals surface area contributed by atoms with Crippen molar-refractivity contribution >= 4 is 0 Å². The zero-order valence-corrected chi connectivity index (χ0v) is 8.51. The van der Waals surface area contributed by atoms with Crippen molar-refractivity contribution in [3.63, 3.8) is 0 Å². The topological polar surface area (TPSA) is 9.23 Å². The molecule has 0 aliphatic rings. The summed E-state index contributed by atoms with van der Waals surface area (Å²) in [5, 5.41) is 0. The van der Waals surface area contributed by atoms with Crippen molar-refractivity contribution in [2.24, 2.45) is 0 Å². The third kappa shape index (κ3) is 2.34. The third-order valence-corrected chi connectivity index (χ3v) is 1.98. The molecule has 0 amide bonds. The van der Waals surface area contributed by atoms with Gasteiger partial charge in [0.2, 0.25) is 0 Å². The second kappa shape index (κ2) is 4.80. The van der Waals surface area contributed by atoms with Gasteiger partial charge in [-0.2, -0.15) is 0 Å². The van der Waals surface area contributed by atoms with Crippen LogP contribution in [-0.2, 0) is 0 Å². The smallest absolute Gasteiger partial charge is 0.127 e. The van der Waals surface area contributed by atoms with E-state index in [4.69, 9.17) is 4.74 Å². The van der Waals surface area contributed by atoms with Gasteiger partial charge >= 0.3 is 0 Å². The first-order valence-corrected chi connectivity index (χ1v) is 4.57. The van der Waals surface area contributed by atoms with Gasteiger partial charge in [0, 0.05) is 11.5 Å². The van der Waals surface area contributed by atoms with Crippen LogP contribution in [0.4, 0.5) is 4.39 Å². The van der Waals surface area contributed by atoms with Crippen LogP contribution in [0, 0.1) is 11.7 Å². The Bertz CT molecular complexity index is 320. The molecule has 1 aromatic rings. The van der Waals surface area contributed by atoms with E-state index in [1.165, 1.54) is 6.07 Å². The Labute approximate surface area is 84.2 Å². The number of halogens is 1. The molecule has 14 heavy (non-hydrogen) atoms. The van der Waals surface area contributed by atoms with Crippen LogP contribution >= 0.6 is 0 Å². The van der Waals surface area contributed by atoms with Crippen LogP contribution in [0.25, 0.3) is 0 Å². The van der Waals surface area contributed by atoms with Gasteiger partial charge in [-0.05, 0) is 25.1 Å². The molecule has 0 aliphatic heterocycles. The molecule has 1 nitrogen and oxygen atoms in total. The summed E-state index contributed by atoms with van der Waals surface area (Å²) in [7, 11) is 0. The maximum atomic E-state index is 13.3. The Morgan fingerprint density at radius 3 is 2.86 bits per heavy atom. The number of hydrogen-bond acceptors (Lipinski definition) is 1. The summed E-state index contributed by atoms with van der Waals surface area (Å²) in [5.74, 6) is 1.25. The summed E-state index contributed by atoms with van der Waals surface area (Å²) >= 11 is 0. The largest absolute Gasteiger partial charge is 0.494 e. The van der Waals surface area contributed by atoms with Gasteiger partial charge in [-0.3, -0.25) is 0 Å². The molecular weight excluding hydrogens is 179 g/mol. The standard InChI is InChI=1S/C12H14FO/c1-4-9(3)11-8-10(14-5-2)6-7-12(11)13/h4,6-8H,1,5H2,2-3H3. The van der Waals surface area contributed by atoms with Crippen LogP contribution < -0.4 is 4.74 Å². The molecule has 0 saturated carbocycles. The minimum Gasteiger partial charge on any atom is -0.494 e. The zero-order chi connectivity index (χ0) is 10.6. The summed E-state index contributed by atoms with van der Waals surface area (Å²) < 4.78 is 18.6. The molecule has 1 rings (SSSR count). The van der Waals surface area contributed by atoms with Gasteiger partial charge in [0.15, 0.2) is 0 Å². The normalized spacial score (nSPS) is 10.3. The SMILES string of the molecule is C=C[C](C)c1cc(OCC)ccc1F. The Hall–Kier alpha value is -1.31. The highest BCUT2D eigenvalue weighted by Crippen LogP contribution is 2.23. The fourth-order valence-corrected chi connectivity index (χ4v) is 1.17. The van der Waals surface area contributed by atoms with Gasteiger partial charge in [-0.1, -0.05) is 13.0 Å². The van der Waals surface area contributed by atoms with E-state index in [-0.39, 0.29) is 5.82 Å². The molecule has 0 aromatic heterocycles. The van der Waals surface area contributed by atoms with Crippen molar-refractivity contribution in [2.75, 3.05) is 6.61 Å². The van der Waals surface area contributed by atoms with E-state index < -0.39 is 0 Å². The van der Waals surface area contributed by atoms with E-state index in [0.717, 1.165) is 5.92 Å². The maximum absolute atomic E-state index is 13.3. The number of hydrogen-bond donors (Lipinski definition) is 0. The molecule has 0 bridgehead atoms. The van der Waals surface area contributed by atoms with Gasteiger partial charge < -0.3 is 4.74 Å². The van der Waals surface area contributed by atoms with E-state index >= 15 is 0 Å². The predicted molar refractivity (Wildman–Crippen MR) is 55.8 cm³/mol. The van der Waals surface area contributed by atoms with Crippen LogP contribution in [0.15, 0.2) is 30.9 Å². The van der Waals surface area contributed by atoms with Crippen LogP contribution in [0.5, 0.6) is 5.75 Å². The maximum Gasteiger partial charge on any atom is 0.127 e. The van der Waals surface area contributed by atoms with E-state index in [1.54, 1.807) is 18.2 Å². The second-order valence-corrected chi connectivity index (χ2v) is 2.96. The van der Waals surface area contributed by atoms with Gasteiger partial charge in [-0.25, -0.2) is 4.39 Å². The lowest BCUT2D eigenvalue weighted by Gasteiger charge is -2.09. The molecule has 0 spiro atoms.